The molecular formula is C11H17N3O2S. The highest BCUT2D eigenvalue weighted by atomic mass is 32.2. The van der Waals surface area contributed by atoms with Crippen molar-refractivity contribution in [3.8, 4) is 0 Å². The van der Waals surface area contributed by atoms with Crippen LogP contribution in [-0.2, 0) is 10.0 Å². The van der Waals surface area contributed by atoms with Crippen molar-refractivity contribution in [2.75, 3.05) is 17.2 Å². The molecule has 0 amide bonds. The second-order valence-corrected chi connectivity index (χ2v) is 5.84. The van der Waals surface area contributed by atoms with E-state index in [2.05, 4.69) is 4.90 Å². The molecule has 0 radical (unpaired) electrons. The Morgan fingerprint density at radius 2 is 2.06 bits per heavy atom. The third-order valence-electron chi connectivity index (χ3n) is 2.97. The fraction of sp³-hybridized carbons (Fsp3) is 0.455. The van der Waals surface area contributed by atoms with Gasteiger partial charge in [-0.2, -0.15) is 0 Å². The van der Waals surface area contributed by atoms with Crippen molar-refractivity contribution in [1.82, 2.24) is 0 Å². The lowest BCUT2D eigenvalue weighted by Gasteiger charge is -2.24. The molecule has 1 fully saturated rings. The summed E-state index contributed by atoms with van der Waals surface area (Å²) in [6.07, 6.45) is 2.26. The molecule has 1 aliphatic rings. The smallest absolute Gasteiger partial charge is 0.238 e. The number of benzene rings is 1. The summed E-state index contributed by atoms with van der Waals surface area (Å²) in [6, 6.07) is 5.08. The summed E-state index contributed by atoms with van der Waals surface area (Å²) in [5.74, 6) is 0. The number of hydrogen-bond donors (Lipinski definition) is 2. The number of sulfonamides is 1. The van der Waals surface area contributed by atoms with Crippen molar-refractivity contribution < 1.29 is 8.42 Å². The number of nitrogen functional groups attached to an aromatic ring is 1. The van der Waals surface area contributed by atoms with Gasteiger partial charge in [-0.15, -0.1) is 0 Å². The molecule has 2 rings (SSSR count). The molecule has 1 aliphatic carbocycles. The molecule has 94 valence electrons. The molecule has 1 saturated carbocycles. The minimum absolute atomic E-state index is 0.112. The molecule has 5 nitrogen and oxygen atoms in total. The molecule has 0 atom stereocenters. The molecule has 6 heteroatoms. The van der Waals surface area contributed by atoms with Crippen LogP contribution in [-0.4, -0.2) is 21.0 Å². The Labute approximate surface area is 101 Å². The quantitative estimate of drug-likeness (QED) is 0.782. The van der Waals surface area contributed by atoms with Crippen LogP contribution in [0.2, 0.25) is 0 Å². The Morgan fingerprint density at radius 1 is 1.41 bits per heavy atom. The van der Waals surface area contributed by atoms with E-state index < -0.39 is 10.0 Å². The Hall–Kier alpha value is -1.27. The maximum absolute atomic E-state index is 11.3. The van der Waals surface area contributed by atoms with Crippen LogP contribution in [0.5, 0.6) is 0 Å². The van der Waals surface area contributed by atoms with E-state index in [9.17, 15) is 8.42 Å². The summed E-state index contributed by atoms with van der Waals surface area (Å²) < 4.78 is 22.6. The van der Waals surface area contributed by atoms with E-state index >= 15 is 0 Å². The molecule has 0 bridgehead atoms. The van der Waals surface area contributed by atoms with E-state index in [1.807, 2.05) is 6.92 Å². The van der Waals surface area contributed by atoms with Crippen molar-refractivity contribution in [2.24, 2.45) is 5.14 Å². The van der Waals surface area contributed by atoms with Gasteiger partial charge >= 0.3 is 0 Å². The molecule has 17 heavy (non-hydrogen) atoms. The Morgan fingerprint density at radius 3 is 2.53 bits per heavy atom. The normalized spacial score (nSPS) is 15.9. The number of primary sulfonamides is 1. The van der Waals surface area contributed by atoms with E-state index in [1.165, 1.54) is 6.07 Å². The van der Waals surface area contributed by atoms with Crippen molar-refractivity contribution in [3.63, 3.8) is 0 Å². The van der Waals surface area contributed by atoms with E-state index in [0.29, 0.717) is 11.7 Å². The first-order chi connectivity index (χ1) is 7.93. The summed E-state index contributed by atoms with van der Waals surface area (Å²) in [7, 11) is -3.67. The number of nitrogens with zero attached hydrogens (tertiary/aromatic N) is 1. The third kappa shape index (κ3) is 2.53. The Bertz CT molecular complexity index is 524. The van der Waals surface area contributed by atoms with Crippen molar-refractivity contribution in [2.45, 2.75) is 30.7 Å². The van der Waals surface area contributed by atoms with Gasteiger partial charge in [0.25, 0.3) is 0 Å². The first-order valence-electron chi connectivity index (χ1n) is 5.62. The third-order valence-corrected chi connectivity index (χ3v) is 3.88. The van der Waals surface area contributed by atoms with Gasteiger partial charge in [0.05, 0.1) is 16.3 Å². The maximum atomic E-state index is 11.3. The molecule has 1 aromatic rings. The second kappa shape index (κ2) is 4.19. The van der Waals surface area contributed by atoms with Gasteiger partial charge in [0, 0.05) is 12.6 Å². The Kier molecular flexibility index (Phi) is 3.01. The van der Waals surface area contributed by atoms with Gasteiger partial charge in [0.2, 0.25) is 10.0 Å². The lowest BCUT2D eigenvalue weighted by molar-refractivity contribution is 0.597. The van der Waals surface area contributed by atoms with Gasteiger partial charge in [0.1, 0.15) is 0 Å². The fourth-order valence-electron chi connectivity index (χ4n) is 1.96. The molecule has 0 unspecified atom stereocenters. The highest BCUT2D eigenvalue weighted by molar-refractivity contribution is 7.89. The van der Waals surface area contributed by atoms with Gasteiger partial charge in [-0.1, -0.05) is 0 Å². The highest BCUT2D eigenvalue weighted by Crippen LogP contribution is 2.35. The molecule has 0 aromatic heterocycles. The van der Waals surface area contributed by atoms with Crippen LogP contribution in [0.4, 0.5) is 11.4 Å². The van der Waals surface area contributed by atoms with Crippen LogP contribution < -0.4 is 15.8 Å². The molecule has 0 aliphatic heterocycles. The predicted octanol–water partition coefficient (Wildman–Crippen LogP) is 0.905. The minimum atomic E-state index is -3.67. The molecule has 0 heterocycles. The maximum Gasteiger partial charge on any atom is 0.238 e. The SMILES string of the molecule is CCN(c1cc(S(N)(=O)=O)ccc1N)C1CC1. The number of rotatable bonds is 4. The number of nitrogens with two attached hydrogens (primary N) is 2. The van der Waals surface area contributed by atoms with Gasteiger partial charge in [-0.05, 0) is 38.0 Å². The number of hydrogen-bond acceptors (Lipinski definition) is 4. The molecule has 4 N–H and O–H groups in total. The topological polar surface area (TPSA) is 89.4 Å². The average molecular weight is 255 g/mol. The van der Waals surface area contributed by atoms with Crippen LogP contribution in [0.3, 0.4) is 0 Å². The zero-order valence-corrected chi connectivity index (χ0v) is 10.6. The zero-order chi connectivity index (χ0) is 12.6. The van der Waals surface area contributed by atoms with E-state index in [0.717, 1.165) is 25.1 Å². The van der Waals surface area contributed by atoms with Crippen molar-refractivity contribution >= 4 is 21.4 Å². The van der Waals surface area contributed by atoms with E-state index in [-0.39, 0.29) is 4.90 Å². The van der Waals surface area contributed by atoms with Crippen LogP contribution in [0, 0.1) is 0 Å². The standard InChI is InChI=1S/C11H17N3O2S/c1-2-14(8-3-4-8)11-7-9(17(13,15)16)5-6-10(11)12/h5-8H,2-4,12H2,1H3,(H2,13,15,16). The average Bonchev–Trinajstić information content (AvgIpc) is 3.04. The lowest BCUT2D eigenvalue weighted by Crippen LogP contribution is -2.26. The van der Waals surface area contributed by atoms with Crippen LogP contribution >= 0.6 is 0 Å². The molecule has 0 spiro atoms. The lowest BCUT2D eigenvalue weighted by atomic mass is 10.2. The first-order valence-corrected chi connectivity index (χ1v) is 7.17. The summed E-state index contributed by atoms with van der Waals surface area (Å²) >= 11 is 0. The van der Waals surface area contributed by atoms with Gasteiger partial charge in [-0.25, -0.2) is 13.6 Å². The summed E-state index contributed by atoms with van der Waals surface area (Å²) in [5.41, 5.74) is 7.25. The summed E-state index contributed by atoms with van der Waals surface area (Å²) in [4.78, 5) is 2.24. The van der Waals surface area contributed by atoms with Crippen LogP contribution in [0.25, 0.3) is 0 Å². The monoisotopic (exact) mass is 255 g/mol. The molecule has 1 aromatic carbocycles. The van der Waals surface area contributed by atoms with Gasteiger partial charge < -0.3 is 10.6 Å². The first kappa shape index (κ1) is 12.2. The molecular weight excluding hydrogens is 238 g/mol. The zero-order valence-electron chi connectivity index (χ0n) is 9.76. The number of anilines is 2. The van der Waals surface area contributed by atoms with E-state index in [4.69, 9.17) is 10.9 Å². The van der Waals surface area contributed by atoms with Crippen molar-refractivity contribution in [3.05, 3.63) is 18.2 Å². The van der Waals surface area contributed by atoms with Gasteiger partial charge in [-0.3, -0.25) is 0 Å². The largest absolute Gasteiger partial charge is 0.397 e. The fourth-order valence-corrected chi connectivity index (χ4v) is 2.49. The highest BCUT2D eigenvalue weighted by Gasteiger charge is 2.29. The summed E-state index contributed by atoms with van der Waals surface area (Å²) in [6.45, 7) is 2.84. The van der Waals surface area contributed by atoms with E-state index in [1.54, 1.807) is 12.1 Å². The second-order valence-electron chi connectivity index (χ2n) is 4.28. The van der Waals surface area contributed by atoms with Crippen molar-refractivity contribution in [1.29, 1.82) is 0 Å². The molecule has 0 saturated heterocycles. The Balaban J connectivity index is 2.44. The van der Waals surface area contributed by atoms with Crippen LogP contribution in [0.1, 0.15) is 19.8 Å². The van der Waals surface area contributed by atoms with Crippen LogP contribution in [0.15, 0.2) is 23.1 Å². The minimum Gasteiger partial charge on any atom is -0.397 e. The van der Waals surface area contributed by atoms with Gasteiger partial charge in [0.15, 0.2) is 0 Å². The summed E-state index contributed by atoms with van der Waals surface area (Å²) in [5, 5.41) is 5.12. The predicted molar refractivity (Wildman–Crippen MR) is 68.3 cm³/mol.